The van der Waals surface area contributed by atoms with Crippen molar-refractivity contribution in [2.45, 2.75) is 47.1 Å². The zero-order valence-corrected chi connectivity index (χ0v) is 45.5. The highest BCUT2D eigenvalue weighted by molar-refractivity contribution is 7.15. The van der Waals surface area contributed by atoms with E-state index >= 15 is 0 Å². The van der Waals surface area contributed by atoms with E-state index < -0.39 is 0 Å². The Bertz CT molecular complexity index is 4060. The number of H-pyrrole nitrogens is 3. The molecule has 1 saturated heterocycles. The number of hydrogen-bond donors (Lipinski definition) is 6. The van der Waals surface area contributed by atoms with Gasteiger partial charge in [0.25, 0.3) is 0 Å². The fourth-order valence-electron chi connectivity index (χ4n) is 9.93. The molecule has 14 nitrogen and oxygen atoms in total. The first kappa shape index (κ1) is 51.2. The zero-order valence-electron chi connectivity index (χ0n) is 43.9. The van der Waals surface area contributed by atoms with Gasteiger partial charge in [-0.3, -0.25) is 25.1 Å². The van der Waals surface area contributed by atoms with Gasteiger partial charge in [0.2, 0.25) is 0 Å². The Morgan fingerprint density at radius 3 is 2.29 bits per heavy atom. The summed E-state index contributed by atoms with van der Waals surface area (Å²) in [5, 5.41) is 30.3. The molecule has 0 radical (unpaired) electrons. The third kappa shape index (κ3) is 10.7. The highest BCUT2D eigenvalue weighted by atomic mass is 32.1. The number of aryl methyl sites for hydroxylation is 2. The number of aromatic nitrogens is 10. The molecule has 16 heteroatoms. The fraction of sp³-hybridized carbons (Fsp3) is 0.161. The van der Waals surface area contributed by atoms with Crippen molar-refractivity contribution in [1.82, 2.24) is 65.8 Å². The molecule has 2 aliphatic heterocycles. The largest absolute Gasteiger partial charge is 0.356 e. The molecule has 2 aliphatic rings. The Labute approximate surface area is 460 Å². The van der Waals surface area contributed by atoms with Crippen molar-refractivity contribution in [2.75, 3.05) is 13.1 Å². The van der Waals surface area contributed by atoms with Crippen LogP contribution in [0.4, 0.5) is 0 Å². The number of nitrogens with zero attached hydrogens (tertiary/aromatic N) is 8. The molecular weight excluding hydrogens is 1000 g/mol. The van der Waals surface area contributed by atoms with Gasteiger partial charge in [0.15, 0.2) is 11.5 Å². The second kappa shape index (κ2) is 22.3. The monoisotopic (exact) mass is 1060 g/mol. The standard InChI is InChI=1S/C32H27N7S.C30H31N7S/c1-5-21(16-23(6-2)34-20(4)22-10-8-7-9-11-22)25-13-14-26-30(35-25)31(39-38-26)32-36-27-18-33-17-24(29(27)37-32)28-15-12-19(3)40-28;1-18-4-9-28(38-18)24-6-5-21-10-11-37(16-21)17-22-12-23(15-32-14-22)25-7-8-26-30(34-25)29(36-35-26)20(3)33-27(13-31)19(24)2/h5-18,34H,2,4H2,1,3H3,(H,36,37)(H,38,39);4,6-9,12-15,21,31,33H,3,5,10-11,16-17H2,1-2H3,(H,35,36)/b21-5+,23-16+;24-6+,27-19+,31-13?. The number of allylic oxidation sites excluding steroid dienone is 8. The first-order chi connectivity index (χ1) is 38.0. The van der Waals surface area contributed by atoms with E-state index in [1.807, 2.05) is 92.3 Å². The van der Waals surface area contributed by atoms with Crippen LogP contribution in [-0.2, 0) is 6.54 Å². The van der Waals surface area contributed by atoms with Crippen molar-refractivity contribution in [3.05, 3.63) is 208 Å². The predicted molar refractivity (Wildman–Crippen MR) is 321 cm³/mol. The normalized spacial score (nSPS) is 17.7. The van der Waals surface area contributed by atoms with Gasteiger partial charge in [0.1, 0.15) is 22.2 Å². The Balaban J connectivity index is 0.000000166. The third-order valence-corrected chi connectivity index (χ3v) is 16.1. The van der Waals surface area contributed by atoms with Gasteiger partial charge in [-0.1, -0.05) is 62.2 Å². The van der Waals surface area contributed by atoms with E-state index in [-0.39, 0.29) is 0 Å². The lowest BCUT2D eigenvalue weighted by atomic mass is 9.97. The van der Waals surface area contributed by atoms with Crippen LogP contribution < -0.4 is 10.6 Å². The first-order valence-corrected chi connectivity index (χ1v) is 27.4. The van der Waals surface area contributed by atoms with E-state index in [2.05, 4.69) is 128 Å². The number of rotatable bonds is 10. The maximum Gasteiger partial charge on any atom is 0.161 e. The number of thiophene rings is 2. The smallest absolute Gasteiger partial charge is 0.161 e. The van der Waals surface area contributed by atoms with E-state index in [9.17, 15) is 0 Å². The number of benzene rings is 1. The topological polar surface area (TPSA) is 189 Å². The lowest BCUT2D eigenvalue weighted by Gasteiger charge is -2.17. The minimum atomic E-state index is 0.593. The average molecular weight is 1060 g/mol. The summed E-state index contributed by atoms with van der Waals surface area (Å²) in [6, 6.07) is 28.7. The molecule has 0 saturated carbocycles. The maximum atomic E-state index is 8.24. The van der Waals surface area contributed by atoms with Gasteiger partial charge in [0.05, 0.1) is 45.5 Å². The van der Waals surface area contributed by atoms with Gasteiger partial charge in [-0.2, -0.15) is 10.2 Å². The highest BCUT2D eigenvalue weighted by Crippen LogP contribution is 2.36. The lowest BCUT2D eigenvalue weighted by molar-refractivity contribution is 0.317. The number of fused-ring (bicyclic) bond motifs is 8. The summed E-state index contributed by atoms with van der Waals surface area (Å²) in [5.74, 6) is 1.23. The molecule has 6 bridgehead atoms. The van der Waals surface area contributed by atoms with Crippen LogP contribution in [0.25, 0.3) is 88.9 Å². The van der Waals surface area contributed by atoms with Gasteiger partial charge in [-0.05, 0) is 148 Å². The molecule has 6 N–H and O–H groups in total. The van der Waals surface area contributed by atoms with Crippen molar-refractivity contribution in [3.63, 3.8) is 0 Å². The molecule has 0 spiro atoms. The molecule has 9 aromatic heterocycles. The number of aromatic amines is 3. The zero-order chi connectivity index (χ0) is 53.9. The maximum absolute atomic E-state index is 8.24. The average Bonchev–Trinajstić information content (AvgIpc) is 4.35. The van der Waals surface area contributed by atoms with Crippen molar-refractivity contribution in [3.8, 4) is 33.2 Å². The number of hydrogen-bond acceptors (Lipinski definition) is 13. The summed E-state index contributed by atoms with van der Waals surface area (Å²) in [4.78, 5) is 34.7. The second-order valence-corrected chi connectivity index (χ2v) is 22.0. The summed E-state index contributed by atoms with van der Waals surface area (Å²) >= 11 is 3.51. The summed E-state index contributed by atoms with van der Waals surface area (Å²) in [6.45, 7) is 23.8. The minimum absolute atomic E-state index is 0.593. The third-order valence-electron chi connectivity index (χ3n) is 14.0. The predicted octanol–water partition coefficient (Wildman–Crippen LogP) is 13.8. The molecule has 0 aliphatic carbocycles. The molecule has 12 rings (SSSR count). The van der Waals surface area contributed by atoms with Crippen LogP contribution in [0.2, 0.25) is 0 Å². The number of pyridine rings is 4. The second-order valence-electron chi connectivity index (χ2n) is 19.4. The summed E-state index contributed by atoms with van der Waals surface area (Å²) in [6.07, 6.45) is 19.2. The first-order valence-electron chi connectivity index (χ1n) is 25.8. The van der Waals surface area contributed by atoms with Crippen LogP contribution in [0.3, 0.4) is 0 Å². The van der Waals surface area contributed by atoms with Crippen LogP contribution in [0, 0.1) is 25.2 Å². The summed E-state index contributed by atoms with van der Waals surface area (Å²) in [5.41, 5.74) is 18.0. The fourth-order valence-corrected chi connectivity index (χ4v) is 11.8. The SMILES string of the molecule is C=C/C(=C\C(=C/C)c1ccc2[nH]nc(-c3nc4c(-c5ccc(C)s5)cncc4[nH]3)c2n1)NC(=C)c1ccccc1.C=C1N/C(C=N)=C(C)/C(c2ccc(C)s2)=C\CC2CCN(Cc3cncc(c3)-c3ccc4[nH]nc1c4n3)C2. The number of imidazole rings is 1. The summed E-state index contributed by atoms with van der Waals surface area (Å²) < 4.78 is 0. The van der Waals surface area contributed by atoms with E-state index in [1.165, 1.54) is 38.4 Å². The molecule has 388 valence electrons. The van der Waals surface area contributed by atoms with Gasteiger partial charge >= 0.3 is 0 Å². The molecule has 2 unspecified atom stereocenters. The van der Waals surface area contributed by atoms with Gasteiger partial charge in [0, 0.05) is 79.9 Å². The summed E-state index contributed by atoms with van der Waals surface area (Å²) in [7, 11) is 0. The lowest BCUT2D eigenvalue weighted by Crippen LogP contribution is -2.20. The molecule has 1 fully saturated rings. The van der Waals surface area contributed by atoms with Gasteiger partial charge in [-0.25, -0.2) is 15.0 Å². The van der Waals surface area contributed by atoms with Gasteiger partial charge < -0.3 is 21.0 Å². The molecular formula is C62H58N14S2. The van der Waals surface area contributed by atoms with E-state index in [0.717, 1.165) is 115 Å². The highest BCUT2D eigenvalue weighted by Gasteiger charge is 2.24. The van der Waals surface area contributed by atoms with Crippen LogP contribution in [-0.4, -0.2) is 74.5 Å². The minimum Gasteiger partial charge on any atom is -0.356 e. The molecule has 0 amide bonds. The van der Waals surface area contributed by atoms with Crippen molar-refractivity contribution in [1.29, 1.82) is 5.41 Å². The van der Waals surface area contributed by atoms with Crippen molar-refractivity contribution >= 4 is 84.5 Å². The van der Waals surface area contributed by atoms with Gasteiger partial charge in [-0.15, -0.1) is 22.7 Å². The Kier molecular flexibility index (Phi) is 14.6. The molecule has 2 atom stereocenters. The van der Waals surface area contributed by atoms with Crippen LogP contribution in [0.15, 0.2) is 171 Å². The quantitative estimate of drug-likeness (QED) is 0.0568. The van der Waals surface area contributed by atoms with Crippen molar-refractivity contribution < 1.29 is 0 Å². The Morgan fingerprint density at radius 2 is 1.55 bits per heavy atom. The van der Waals surface area contributed by atoms with Crippen LogP contribution in [0.5, 0.6) is 0 Å². The number of nitrogens with one attached hydrogen (secondary N) is 6. The van der Waals surface area contributed by atoms with E-state index in [0.29, 0.717) is 34.5 Å². The molecule has 11 heterocycles. The van der Waals surface area contributed by atoms with E-state index in [1.54, 1.807) is 34.9 Å². The van der Waals surface area contributed by atoms with Crippen molar-refractivity contribution in [2.24, 2.45) is 5.92 Å². The van der Waals surface area contributed by atoms with Crippen LogP contribution >= 0.6 is 22.7 Å². The van der Waals surface area contributed by atoms with Crippen LogP contribution in [0.1, 0.15) is 63.8 Å². The Hall–Kier alpha value is -8.96. The van der Waals surface area contributed by atoms with E-state index in [4.69, 9.17) is 20.4 Å². The molecule has 1 aromatic carbocycles. The molecule has 10 aromatic rings. The molecule has 78 heavy (non-hydrogen) atoms. The Morgan fingerprint density at radius 1 is 0.808 bits per heavy atom.